The summed E-state index contributed by atoms with van der Waals surface area (Å²) in [6, 6.07) is 10.4. The quantitative estimate of drug-likeness (QED) is 0.793. The van der Waals surface area contributed by atoms with Crippen molar-refractivity contribution in [1.29, 1.82) is 0 Å². The van der Waals surface area contributed by atoms with Gasteiger partial charge in [-0.15, -0.1) is 0 Å². The predicted octanol–water partition coefficient (Wildman–Crippen LogP) is 3.10. The third kappa shape index (κ3) is 3.57. The normalized spacial score (nSPS) is 14.3. The van der Waals surface area contributed by atoms with E-state index >= 15 is 0 Å². The number of hydrogen-bond donors (Lipinski definition) is 2. The van der Waals surface area contributed by atoms with Gasteiger partial charge in [-0.25, -0.2) is 4.79 Å². The molecule has 0 aliphatic heterocycles. The monoisotopic (exact) mass is 389 g/mol. The van der Waals surface area contributed by atoms with Gasteiger partial charge in [-0.2, -0.15) is 0 Å². The summed E-state index contributed by atoms with van der Waals surface area (Å²) in [5.41, 5.74) is 0.654. The molecule has 2 N–H and O–H groups in total. The average molecular weight is 390 g/mol. The molecular weight excluding hydrogens is 370 g/mol. The zero-order chi connectivity index (χ0) is 19.6. The number of carboxylic acids is 1. The fraction of sp³-hybridized carbons (Fsp3) is 0.300. The van der Waals surface area contributed by atoms with Crippen molar-refractivity contribution in [1.82, 2.24) is 5.32 Å². The van der Waals surface area contributed by atoms with E-state index in [1.165, 1.54) is 19.2 Å². The van der Waals surface area contributed by atoms with Gasteiger partial charge in [0.25, 0.3) is 5.91 Å². The van der Waals surface area contributed by atoms with Crippen LogP contribution < -0.4 is 14.8 Å². The Morgan fingerprint density at radius 1 is 1.22 bits per heavy atom. The molecule has 142 valence electrons. The molecule has 0 spiro atoms. The number of fused-ring (bicyclic) bond motifs is 1. The van der Waals surface area contributed by atoms with Crippen LogP contribution in [0.1, 0.15) is 28.4 Å². The van der Waals surface area contributed by atoms with Gasteiger partial charge in [0, 0.05) is 18.4 Å². The summed E-state index contributed by atoms with van der Waals surface area (Å²) in [5.74, 6) is -0.947. The number of halogens is 1. The van der Waals surface area contributed by atoms with E-state index in [9.17, 15) is 14.7 Å². The molecule has 0 saturated carbocycles. The Morgan fingerprint density at radius 3 is 2.37 bits per heavy atom. The lowest BCUT2D eigenvalue weighted by Crippen LogP contribution is -2.55. The molecule has 6 nitrogen and oxygen atoms in total. The fourth-order valence-electron chi connectivity index (χ4n) is 3.33. The molecule has 7 heteroatoms. The standard InChI is InChI=1S/C20H20ClNO5/c1-3-27-17-15(21)8-14(9-16(17)26-2)18(23)22-20(19(24)25)10-12-6-4-5-7-13(12)11-20/h4-9H,3,10-11H2,1-2H3,(H,22,23)(H,24,25). The molecule has 0 heterocycles. The molecule has 2 aromatic carbocycles. The van der Waals surface area contributed by atoms with E-state index in [0.29, 0.717) is 18.1 Å². The number of ether oxygens (including phenoxy) is 2. The molecule has 3 rings (SSSR count). The number of carbonyl (C=O) groups excluding carboxylic acids is 1. The maximum absolute atomic E-state index is 12.8. The van der Waals surface area contributed by atoms with Crippen LogP contribution in [-0.2, 0) is 17.6 Å². The van der Waals surface area contributed by atoms with Crippen molar-refractivity contribution in [2.45, 2.75) is 25.3 Å². The minimum Gasteiger partial charge on any atom is -0.493 e. The number of aliphatic carboxylic acids is 1. The number of carbonyl (C=O) groups is 2. The van der Waals surface area contributed by atoms with Gasteiger partial charge in [0.15, 0.2) is 11.5 Å². The smallest absolute Gasteiger partial charge is 0.330 e. The van der Waals surface area contributed by atoms with E-state index in [-0.39, 0.29) is 23.4 Å². The average Bonchev–Trinajstić information content (AvgIpc) is 3.02. The molecule has 0 fully saturated rings. The fourth-order valence-corrected chi connectivity index (χ4v) is 3.60. The molecule has 0 unspecified atom stereocenters. The topological polar surface area (TPSA) is 84.9 Å². The molecule has 0 atom stereocenters. The maximum atomic E-state index is 12.8. The van der Waals surface area contributed by atoms with Crippen molar-refractivity contribution >= 4 is 23.5 Å². The van der Waals surface area contributed by atoms with E-state index in [1.54, 1.807) is 0 Å². The Hall–Kier alpha value is -2.73. The van der Waals surface area contributed by atoms with Crippen LogP contribution in [0.2, 0.25) is 5.02 Å². The van der Waals surface area contributed by atoms with Crippen molar-refractivity contribution in [2.24, 2.45) is 0 Å². The third-order valence-corrected chi connectivity index (χ3v) is 4.93. The van der Waals surface area contributed by atoms with Gasteiger partial charge in [0.1, 0.15) is 5.54 Å². The molecule has 0 saturated heterocycles. The lowest BCUT2D eigenvalue weighted by atomic mass is 9.95. The summed E-state index contributed by atoms with van der Waals surface area (Å²) in [7, 11) is 1.45. The van der Waals surface area contributed by atoms with E-state index in [1.807, 2.05) is 31.2 Å². The lowest BCUT2D eigenvalue weighted by Gasteiger charge is -2.25. The van der Waals surface area contributed by atoms with Crippen LogP contribution in [0, 0.1) is 0 Å². The summed E-state index contributed by atoms with van der Waals surface area (Å²) in [6.07, 6.45) is 0.457. The number of hydrogen-bond acceptors (Lipinski definition) is 4. The van der Waals surface area contributed by atoms with Gasteiger partial charge >= 0.3 is 5.97 Å². The number of amides is 1. The highest BCUT2D eigenvalue weighted by Crippen LogP contribution is 2.37. The first-order chi connectivity index (χ1) is 12.9. The van der Waals surface area contributed by atoms with Crippen molar-refractivity contribution in [2.75, 3.05) is 13.7 Å². The highest BCUT2D eigenvalue weighted by Gasteiger charge is 2.45. The molecule has 1 amide bonds. The summed E-state index contributed by atoms with van der Waals surface area (Å²) < 4.78 is 10.7. The Bertz CT molecular complexity index is 871. The summed E-state index contributed by atoms with van der Waals surface area (Å²) in [5, 5.41) is 12.7. The SMILES string of the molecule is CCOc1c(Cl)cc(C(=O)NC2(C(=O)O)Cc3ccccc3C2)cc1OC. The van der Waals surface area contributed by atoms with Crippen molar-refractivity contribution in [3.63, 3.8) is 0 Å². The van der Waals surface area contributed by atoms with Gasteiger partial charge in [-0.3, -0.25) is 4.79 Å². The van der Waals surface area contributed by atoms with E-state index < -0.39 is 17.4 Å². The first-order valence-corrected chi connectivity index (χ1v) is 8.91. The first-order valence-electron chi connectivity index (χ1n) is 8.53. The molecule has 1 aliphatic rings. The largest absolute Gasteiger partial charge is 0.493 e. The highest BCUT2D eigenvalue weighted by atomic mass is 35.5. The van der Waals surface area contributed by atoms with Gasteiger partial charge in [0.05, 0.1) is 18.7 Å². The Morgan fingerprint density at radius 2 is 1.85 bits per heavy atom. The predicted molar refractivity (Wildman–Crippen MR) is 101 cm³/mol. The van der Waals surface area contributed by atoms with Crippen LogP contribution in [0.25, 0.3) is 0 Å². The minimum absolute atomic E-state index is 0.205. The van der Waals surface area contributed by atoms with Crippen LogP contribution in [0.4, 0.5) is 0 Å². The number of carboxylic acid groups (broad SMARTS) is 1. The number of nitrogens with one attached hydrogen (secondary N) is 1. The second-order valence-corrected chi connectivity index (χ2v) is 6.79. The van der Waals surface area contributed by atoms with Crippen molar-refractivity contribution < 1.29 is 24.2 Å². The summed E-state index contributed by atoms with van der Waals surface area (Å²) in [4.78, 5) is 24.8. The Balaban J connectivity index is 1.90. The summed E-state index contributed by atoms with van der Waals surface area (Å²) in [6.45, 7) is 2.20. The van der Waals surface area contributed by atoms with Gasteiger partial charge in [0.2, 0.25) is 0 Å². The zero-order valence-corrected chi connectivity index (χ0v) is 15.8. The Labute approximate surface area is 162 Å². The third-order valence-electron chi connectivity index (χ3n) is 4.65. The van der Waals surface area contributed by atoms with E-state index in [2.05, 4.69) is 5.32 Å². The molecule has 1 aliphatic carbocycles. The molecule has 0 radical (unpaired) electrons. The van der Waals surface area contributed by atoms with Gasteiger partial charge in [-0.05, 0) is 30.2 Å². The minimum atomic E-state index is -1.39. The van der Waals surface area contributed by atoms with Crippen LogP contribution in [0.5, 0.6) is 11.5 Å². The maximum Gasteiger partial charge on any atom is 0.330 e. The number of methoxy groups -OCH3 is 1. The second kappa shape index (κ2) is 7.48. The second-order valence-electron chi connectivity index (χ2n) is 6.39. The summed E-state index contributed by atoms with van der Waals surface area (Å²) >= 11 is 6.22. The zero-order valence-electron chi connectivity index (χ0n) is 15.0. The number of benzene rings is 2. The first kappa shape index (κ1) is 19.0. The van der Waals surface area contributed by atoms with E-state index in [0.717, 1.165) is 11.1 Å². The molecule has 0 aromatic heterocycles. The Kier molecular flexibility index (Phi) is 5.28. The van der Waals surface area contributed by atoms with Gasteiger partial charge in [-0.1, -0.05) is 35.9 Å². The highest BCUT2D eigenvalue weighted by molar-refractivity contribution is 6.32. The molecular formula is C20H20ClNO5. The van der Waals surface area contributed by atoms with Crippen LogP contribution in [0.3, 0.4) is 0 Å². The van der Waals surface area contributed by atoms with Crippen LogP contribution >= 0.6 is 11.6 Å². The lowest BCUT2D eigenvalue weighted by molar-refractivity contribution is -0.144. The molecule has 2 aromatic rings. The number of rotatable bonds is 6. The molecule has 0 bridgehead atoms. The van der Waals surface area contributed by atoms with Crippen LogP contribution in [0.15, 0.2) is 36.4 Å². The van der Waals surface area contributed by atoms with Crippen molar-refractivity contribution in [3.05, 3.63) is 58.1 Å². The van der Waals surface area contributed by atoms with Gasteiger partial charge < -0.3 is 19.9 Å². The molecule has 27 heavy (non-hydrogen) atoms. The van der Waals surface area contributed by atoms with Crippen LogP contribution in [-0.4, -0.2) is 36.2 Å². The van der Waals surface area contributed by atoms with Crippen molar-refractivity contribution in [3.8, 4) is 11.5 Å². The van der Waals surface area contributed by atoms with E-state index in [4.69, 9.17) is 21.1 Å².